The summed E-state index contributed by atoms with van der Waals surface area (Å²) in [7, 11) is -31.6. The number of anilines is 1. The number of ether oxygens (including phenoxy) is 1. The van der Waals surface area contributed by atoms with Crippen molar-refractivity contribution in [1.82, 2.24) is 0 Å². The summed E-state index contributed by atoms with van der Waals surface area (Å²) in [4.78, 5) is 2.43. The van der Waals surface area contributed by atoms with Crippen LogP contribution in [0.5, 0.6) is 17.2 Å². The first kappa shape index (κ1) is 52.1. The molecule has 0 saturated heterocycles. The number of nitro groups is 1. The Bertz CT molecular complexity index is 4110. The maximum Gasteiger partial charge on any atom is 0.297 e. The van der Waals surface area contributed by atoms with Gasteiger partial charge in [0.25, 0.3) is 66.4 Å². The van der Waals surface area contributed by atoms with Crippen LogP contribution in [0.1, 0.15) is 0 Å². The quantitative estimate of drug-likeness (QED) is 0.0210. The summed E-state index contributed by atoms with van der Waals surface area (Å²) in [6.45, 7) is 0. The van der Waals surface area contributed by atoms with E-state index >= 15 is 0 Å². The van der Waals surface area contributed by atoms with Gasteiger partial charge in [-0.3, -0.25) is 37.4 Å². The van der Waals surface area contributed by atoms with Gasteiger partial charge in [0.05, 0.1) is 28.8 Å². The van der Waals surface area contributed by atoms with Crippen molar-refractivity contribution in [3.05, 3.63) is 76.8 Å². The Balaban J connectivity index is 1.62. The molecule has 0 aliphatic rings. The van der Waals surface area contributed by atoms with E-state index in [-0.39, 0.29) is 5.75 Å². The molecule has 0 heterocycles. The molecule has 0 bridgehead atoms. The van der Waals surface area contributed by atoms with E-state index in [9.17, 15) is 98.2 Å². The molecule has 31 nitrogen and oxygen atoms in total. The first-order valence-corrected chi connectivity index (χ1v) is 26.2. The van der Waals surface area contributed by atoms with Crippen molar-refractivity contribution in [1.29, 1.82) is 0 Å². The highest BCUT2D eigenvalue weighted by Crippen LogP contribution is 2.50. The number of nitro benzene ring substituents is 1. The molecule has 6 aromatic carbocycles. The van der Waals surface area contributed by atoms with Crippen LogP contribution in [0.3, 0.4) is 0 Å². The van der Waals surface area contributed by atoms with E-state index in [1.807, 2.05) is 0 Å². The number of rotatable bonds is 14. The van der Waals surface area contributed by atoms with Gasteiger partial charge in [0.15, 0.2) is 11.5 Å². The largest absolute Gasteiger partial charge is 0.505 e. The first-order chi connectivity index (χ1) is 32.0. The Labute approximate surface area is 390 Å². The van der Waals surface area contributed by atoms with Crippen LogP contribution < -0.4 is 10.5 Å². The minimum Gasteiger partial charge on any atom is -0.505 e. The second-order valence-electron chi connectivity index (χ2n) is 13.6. The molecule has 10 N–H and O–H groups in total. The zero-order valence-corrected chi connectivity index (χ0v) is 38.6. The van der Waals surface area contributed by atoms with E-state index in [1.54, 1.807) is 0 Å². The van der Waals surface area contributed by atoms with E-state index in [0.29, 0.717) is 48.5 Å². The Morgan fingerprint density at radius 2 is 0.943 bits per heavy atom. The highest BCUT2D eigenvalue weighted by atomic mass is 32.2. The van der Waals surface area contributed by atoms with Crippen molar-refractivity contribution in [2.24, 2.45) is 30.7 Å². The molecular weight excluding hydrogens is 1070 g/mol. The van der Waals surface area contributed by atoms with Crippen LogP contribution in [0, 0.1) is 10.1 Å². The van der Waals surface area contributed by atoms with Gasteiger partial charge in [-0.05, 0) is 53.9 Å². The van der Waals surface area contributed by atoms with Crippen molar-refractivity contribution in [3.63, 3.8) is 0 Å². The molecule has 0 saturated carbocycles. The third kappa shape index (κ3) is 10.5. The molecule has 0 unspecified atom stereocenters. The second-order valence-corrected chi connectivity index (χ2v) is 22.0. The van der Waals surface area contributed by atoms with Crippen LogP contribution in [0.15, 0.2) is 127 Å². The molecule has 6 aromatic rings. The van der Waals surface area contributed by atoms with Crippen LogP contribution in [-0.4, -0.2) is 100 Å². The topological polar surface area (TPSA) is 519 Å². The van der Waals surface area contributed by atoms with Crippen LogP contribution in [0.4, 0.5) is 45.5 Å². The maximum atomic E-state index is 12.7. The summed E-state index contributed by atoms with van der Waals surface area (Å²) in [6.07, 6.45) is 0. The zero-order chi connectivity index (χ0) is 52.4. The number of hydrogen-bond acceptors (Lipinski definition) is 24. The fourth-order valence-electron chi connectivity index (χ4n) is 6.20. The summed E-state index contributed by atoms with van der Waals surface area (Å²) >= 11 is 0. The average molecular weight is 1090 g/mol. The lowest BCUT2D eigenvalue weighted by atomic mass is 10.1. The Hall–Kier alpha value is -7.30. The standard InChI is InChI=1S/C33H24N8O23S6/c1-64-16-3-5-20(23(11-16)67(52,53)54)37-39-30-26(70(61,62)63)12-17-18(32(30)42)8-14(9-21(17)65(46,47)48)35-38-29-24(68(55,56)57)6-13-7-25(69(58,59)60)31(33(43)27(13)28(29)34)40-36-19-4-2-15(41(44)45)10-22(19)66(49,50)51/h2-12,42-43H,34H2,1H3,(H,46,47,48)(H,49,50,51)(H,52,53,54)(H,55,56,57)(H,58,59,60)(H,61,62,63). The molecule has 0 fully saturated rings. The van der Waals surface area contributed by atoms with E-state index in [4.69, 9.17) is 10.5 Å². The van der Waals surface area contributed by atoms with Crippen molar-refractivity contribution in [3.8, 4) is 17.2 Å². The average Bonchev–Trinajstić information content (AvgIpc) is 3.22. The highest BCUT2D eigenvalue weighted by Gasteiger charge is 2.30. The summed E-state index contributed by atoms with van der Waals surface area (Å²) < 4.78 is 214. The SMILES string of the molecule is COc1ccc(N=Nc2c(S(=O)(=O)O)cc3c(S(=O)(=O)O)cc(N=Nc4c(S(=O)(=O)O)cc5cc(S(=O)(=O)O)c(N=Nc6ccc([N+](=O)[O-])cc6S(=O)(=O)O)c(O)c5c4N)cc3c2O)c(S(=O)(=O)O)c1. The molecule has 6 rings (SSSR count). The van der Waals surface area contributed by atoms with E-state index in [0.717, 1.165) is 25.3 Å². The molecule has 0 radical (unpaired) electrons. The van der Waals surface area contributed by atoms with Crippen LogP contribution >= 0.6 is 0 Å². The minimum atomic E-state index is -5.58. The van der Waals surface area contributed by atoms with Crippen molar-refractivity contribution < 1.29 is 97.7 Å². The summed E-state index contributed by atoms with van der Waals surface area (Å²) in [5, 5.41) is 51.7. The number of benzene rings is 6. The van der Waals surface area contributed by atoms with Crippen molar-refractivity contribution in [2.45, 2.75) is 29.4 Å². The number of phenols is 2. The van der Waals surface area contributed by atoms with E-state index in [2.05, 4.69) is 30.7 Å². The monoisotopic (exact) mass is 1090 g/mol. The molecule has 37 heteroatoms. The second kappa shape index (κ2) is 17.9. The highest BCUT2D eigenvalue weighted by molar-refractivity contribution is 7.87. The van der Waals surface area contributed by atoms with Gasteiger partial charge < -0.3 is 20.7 Å². The number of aromatic hydroxyl groups is 2. The van der Waals surface area contributed by atoms with Gasteiger partial charge in [-0.25, -0.2) is 0 Å². The number of phenolic OH excluding ortho intramolecular Hbond substituents is 2. The predicted octanol–water partition coefficient (Wildman–Crippen LogP) is 5.63. The third-order valence-corrected chi connectivity index (χ3v) is 14.5. The number of nitrogens with two attached hydrogens (primary N) is 1. The van der Waals surface area contributed by atoms with Crippen molar-refractivity contribution in [2.75, 3.05) is 12.8 Å². The fraction of sp³-hybridized carbons (Fsp3) is 0.0303. The van der Waals surface area contributed by atoms with E-state index in [1.165, 1.54) is 0 Å². The van der Waals surface area contributed by atoms with Gasteiger partial charge in [-0.1, -0.05) is 0 Å². The molecule has 0 amide bonds. The first-order valence-electron chi connectivity index (χ1n) is 17.6. The van der Waals surface area contributed by atoms with Crippen molar-refractivity contribution >= 4 is 128 Å². The molecule has 0 aliphatic heterocycles. The number of fused-ring (bicyclic) bond motifs is 2. The lowest BCUT2D eigenvalue weighted by molar-refractivity contribution is -0.385. The van der Waals surface area contributed by atoms with Gasteiger partial charge >= 0.3 is 0 Å². The number of hydrogen-bond donors (Lipinski definition) is 9. The minimum absolute atomic E-state index is 0.136. The molecule has 370 valence electrons. The number of nitrogen functional groups attached to an aromatic ring is 1. The number of nitrogens with zero attached hydrogens (tertiary/aromatic N) is 7. The van der Waals surface area contributed by atoms with Gasteiger partial charge in [-0.2, -0.15) is 55.6 Å². The zero-order valence-electron chi connectivity index (χ0n) is 33.7. The Morgan fingerprint density at radius 1 is 0.500 bits per heavy atom. The van der Waals surface area contributed by atoms with Crippen LogP contribution in [0.25, 0.3) is 21.5 Å². The molecule has 70 heavy (non-hydrogen) atoms. The lowest BCUT2D eigenvalue weighted by Crippen LogP contribution is -2.04. The van der Waals surface area contributed by atoms with Gasteiger partial charge in [0.1, 0.15) is 63.6 Å². The molecule has 0 aromatic heterocycles. The van der Waals surface area contributed by atoms with Gasteiger partial charge in [0, 0.05) is 29.0 Å². The number of methoxy groups -OCH3 is 1. The Kier molecular flexibility index (Phi) is 13.3. The Morgan fingerprint density at radius 3 is 1.43 bits per heavy atom. The number of non-ortho nitro benzene ring substituents is 1. The molecule has 0 atom stereocenters. The smallest absolute Gasteiger partial charge is 0.297 e. The van der Waals surface area contributed by atoms with E-state index < -0.39 is 174 Å². The van der Waals surface area contributed by atoms with Crippen LogP contribution in [0.2, 0.25) is 0 Å². The maximum absolute atomic E-state index is 12.7. The molecule has 0 spiro atoms. The summed E-state index contributed by atoms with van der Waals surface area (Å²) in [5.41, 5.74) is -1.99. The normalized spacial score (nSPS) is 13.3. The summed E-state index contributed by atoms with van der Waals surface area (Å²) in [6, 6.07) is 6.60. The summed E-state index contributed by atoms with van der Waals surface area (Å²) in [5.74, 6) is -2.97. The van der Waals surface area contributed by atoms with Gasteiger partial charge in [0.2, 0.25) is 0 Å². The van der Waals surface area contributed by atoms with Gasteiger partial charge in [-0.15, -0.1) is 25.6 Å². The number of azo groups is 3. The molecular formula is C33H24N8O23S6. The van der Waals surface area contributed by atoms with Crippen LogP contribution in [-0.2, 0) is 60.7 Å². The molecule has 0 aliphatic carbocycles. The lowest BCUT2D eigenvalue weighted by Gasteiger charge is -2.14. The third-order valence-electron chi connectivity index (χ3n) is 9.20. The predicted molar refractivity (Wildman–Crippen MR) is 233 cm³/mol. The fourth-order valence-corrected chi connectivity index (χ4v) is 10.2.